The zero-order valence-electron chi connectivity index (χ0n) is 18.6. The first-order valence-electron chi connectivity index (χ1n) is 11.4. The van der Waals surface area contributed by atoms with Crippen LogP contribution in [0.3, 0.4) is 0 Å². The van der Waals surface area contributed by atoms with Crippen LogP contribution in [0.1, 0.15) is 36.0 Å². The van der Waals surface area contributed by atoms with Gasteiger partial charge < -0.3 is 20.3 Å². The van der Waals surface area contributed by atoms with Crippen LogP contribution in [0.4, 0.5) is 5.82 Å². The largest absolute Gasteiger partial charge is 0.381 e. The summed E-state index contributed by atoms with van der Waals surface area (Å²) in [6, 6.07) is 0.362. The maximum Gasteiger partial charge on any atom is 0.280 e. The number of allylic oxidation sites excluding steroid dienone is 2. The maximum atomic E-state index is 12.9. The minimum atomic E-state index is -0.135. The van der Waals surface area contributed by atoms with Crippen molar-refractivity contribution in [3.05, 3.63) is 35.6 Å². The van der Waals surface area contributed by atoms with E-state index in [1.165, 1.54) is 11.3 Å². The molecule has 1 amide bonds. The molecule has 2 N–H and O–H groups in total. The number of amides is 1. The summed E-state index contributed by atoms with van der Waals surface area (Å²) in [6.07, 6.45) is 13.2. The van der Waals surface area contributed by atoms with E-state index in [0.29, 0.717) is 29.7 Å². The summed E-state index contributed by atoms with van der Waals surface area (Å²) in [5.74, 6) is 1.09. The topological polar surface area (TPSA) is 92.3 Å². The predicted octanol–water partition coefficient (Wildman–Crippen LogP) is 2.54. The van der Waals surface area contributed by atoms with Crippen molar-refractivity contribution in [3.8, 4) is 0 Å². The predicted molar refractivity (Wildman–Crippen MR) is 126 cm³/mol. The van der Waals surface area contributed by atoms with Crippen LogP contribution < -0.4 is 15.5 Å². The molecule has 4 heterocycles. The van der Waals surface area contributed by atoms with E-state index in [1.807, 2.05) is 7.05 Å². The first-order chi connectivity index (χ1) is 15.6. The SMILES string of the molecule is CNCCC1(C)CN(c2ncnc3sc(C(=O)NC4CCOCC4)nc23)C2C=CC=CC21. The highest BCUT2D eigenvalue weighted by Crippen LogP contribution is 2.47. The number of anilines is 1. The van der Waals surface area contributed by atoms with E-state index in [1.54, 1.807) is 6.33 Å². The summed E-state index contributed by atoms with van der Waals surface area (Å²) < 4.78 is 5.39. The number of thiazole rings is 1. The van der Waals surface area contributed by atoms with Crippen molar-refractivity contribution >= 4 is 33.4 Å². The van der Waals surface area contributed by atoms with Crippen molar-refractivity contribution < 1.29 is 9.53 Å². The maximum absolute atomic E-state index is 12.9. The van der Waals surface area contributed by atoms with Crippen molar-refractivity contribution in [2.75, 3.05) is 38.3 Å². The molecule has 3 aliphatic rings. The third kappa shape index (κ3) is 3.93. The second-order valence-electron chi connectivity index (χ2n) is 9.15. The number of fused-ring (bicyclic) bond motifs is 2. The van der Waals surface area contributed by atoms with E-state index in [9.17, 15) is 4.79 Å². The van der Waals surface area contributed by atoms with Gasteiger partial charge in [-0.15, -0.1) is 0 Å². The van der Waals surface area contributed by atoms with Crippen molar-refractivity contribution in [2.24, 2.45) is 11.3 Å². The number of carbonyl (C=O) groups excluding carboxylic acids is 1. The first-order valence-corrected chi connectivity index (χ1v) is 12.2. The van der Waals surface area contributed by atoms with Gasteiger partial charge in [0.2, 0.25) is 0 Å². The molecule has 5 rings (SSSR count). The van der Waals surface area contributed by atoms with Gasteiger partial charge in [-0.25, -0.2) is 15.0 Å². The van der Waals surface area contributed by atoms with Gasteiger partial charge >= 0.3 is 0 Å². The van der Waals surface area contributed by atoms with Crippen LogP contribution >= 0.6 is 11.3 Å². The molecule has 32 heavy (non-hydrogen) atoms. The standard InChI is InChI=1S/C23H30N6O2S/c1-23(9-10-24-2)13-29(17-6-4-3-5-16(17)23)19-18-21(26-14-25-19)32-22(28-18)20(30)27-15-7-11-31-12-8-15/h3-6,14-17,24H,7-13H2,1-2H3,(H,27,30). The Labute approximate surface area is 192 Å². The van der Waals surface area contributed by atoms with Gasteiger partial charge in [0.1, 0.15) is 16.7 Å². The van der Waals surface area contributed by atoms with Crippen LogP contribution in [0.25, 0.3) is 10.3 Å². The lowest BCUT2D eigenvalue weighted by atomic mass is 9.73. The molecule has 2 aromatic heterocycles. The monoisotopic (exact) mass is 454 g/mol. The lowest BCUT2D eigenvalue weighted by molar-refractivity contribution is 0.0696. The zero-order valence-corrected chi connectivity index (χ0v) is 19.4. The Bertz CT molecular complexity index is 1050. The summed E-state index contributed by atoms with van der Waals surface area (Å²) >= 11 is 1.34. The average molecular weight is 455 g/mol. The molecule has 9 heteroatoms. The first kappa shape index (κ1) is 21.5. The number of hydrogen-bond donors (Lipinski definition) is 2. The smallest absolute Gasteiger partial charge is 0.280 e. The molecule has 3 atom stereocenters. The molecule has 2 aromatic rings. The lowest BCUT2D eigenvalue weighted by Crippen LogP contribution is -2.38. The van der Waals surface area contributed by atoms with Crippen LogP contribution in [0.2, 0.25) is 0 Å². The molecule has 8 nitrogen and oxygen atoms in total. The second kappa shape index (κ2) is 8.88. The van der Waals surface area contributed by atoms with Crippen molar-refractivity contribution in [1.82, 2.24) is 25.6 Å². The van der Waals surface area contributed by atoms with Crippen LogP contribution in [0.5, 0.6) is 0 Å². The van der Waals surface area contributed by atoms with Gasteiger partial charge in [0.15, 0.2) is 10.8 Å². The minimum absolute atomic E-state index is 0.117. The number of carbonyl (C=O) groups is 1. The quantitative estimate of drug-likeness (QED) is 0.693. The normalized spacial score (nSPS) is 27.8. The van der Waals surface area contributed by atoms with Crippen LogP contribution in [-0.2, 0) is 4.74 Å². The van der Waals surface area contributed by atoms with Gasteiger partial charge in [-0.3, -0.25) is 4.79 Å². The molecule has 3 unspecified atom stereocenters. The fourth-order valence-electron chi connectivity index (χ4n) is 5.15. The van der Waals surface area contributed by atoms with E-state index in [-0.39, 0.29) is 23.4 Å². The van der Waals surface area contributed by atoms with E-state index in [4.69, 9.17) is 9.72 Å². The fourth-order valence-corrected chi connectivity index (χ4v) is 5.95. The van der Waals surface area contributed by atoms with E-state index in [0.717, 1.165) is 43.0 Å². The number of ether oxygens (including phenoxy) is 1. The van der Waals surface area contributed by atoms with Crippen molar-refractivity contribution in [1.29, 1.82) is 0 Å². The van der Waals surface area contributed by atoms with Crippen molar-refractivity contribution in [3.63, 3.8) is 0 Å². The summed E-state index contributed by atoms with van der Waals surface area (Å²) in [5, 5.41) is 6.85. The third-order valence-corrected chi connectivity index (χ3v) is 7.91. The Morgan fingerprint density at radius 1 is 1.28 bits per heavy atom. The Balaban J connectivity index is 1.44. The summed E-state index contributed by atoms with van der Waals surface area (Å²) in [6.45, 7) is 5.58. The highest BCUT2D eigenvalue weighted by molar-refractivity contribution is 7.19. The molecule has 0 aromatic carbocycles. The van der Waals surface area contributed by atoms with Crippen LogP contribution in [-0.4, -0.2) is 66.3 Å². The highest BCUT2D eigenvalue weighted by atomic mass is 32.1. The third-order valence-electron chi connectivity index (χ3n) is 6.95. The van der Waals surface area contributed by atoms with Crippen LogP contribution in [0.15, 0.2) is 30.6 Å². The van der Waals surface area contributed by atoms with Gasteiger partial charge in [-0.2, -0.15) is 0 Å². The number of rotatable bonds is 6. The molecular weight excluding hydrogens is 424 g/mol. The Morgan fingerprint density at radius 3 is 2.91 bits per heavy atom. The summed E-state index contributed by atoms with van der Waals surface area (Å²) in [7, 11) is 2.00. The number of nitrogens with zero attached hydrogens (tertiary/aromatic N) is 4. The van der Waals surface area contributed by atoms with Crippen molar-refractivity contribution in [2.45, 2.75) is 38.3 Å². The molecular formula is C23H30N6O2S. The molecule has 1 aliphatic carbocycles. The summed E-state index contributed by atoms with van der Waals surface area (Å²) in [5.41, 5.74) is 0.833. The molecule has 2 saturated heterocycles. The minimum Gasteiger partial charge on any atom is -0.381 e. The summed E-state index contributed by atoms with van der Waals surface area (Å²) in [4.78, 5) is 29.8. The van der Waals surface area contributed by atoms with E-state index >= 15 is 0 Å². The van der Waals surface area contributed by atoms with Gasteiger partial charge in [0.05, 0.1) is 6.04 Å². The molecule has 0 spiro atoms. The molecule has 0 radical (unpaired) electrons. The average Bonchev–Trinajstić information content (AvgIpc) is 3.39. The molecule has 0 bridgehead atoms. The van der Waals surface area contributed by atoms with Gasteiger partial charge in [0.25, 0.3) is 5.91 Å². The number of hydrogen-bond acceptors (Lipinski definition) is 8. The Hall–Kier alpha value is -2.36. The Kier molecular flexibility index (Phi) is 5.96. The molecule has 0 saturated carbocycles. The highest BCUT2D eigenvalue weighted by Gasteiger charge is 2.48. The molecule has 170 valence electrons. The lowest BCUT2D eigenvalue weighted by Gasteiger charge is -2.30. The number of aromatic nitrogens is 3. The Morgan fingerprint density at radius 2 is 2.09 bits per heavy atom. The van der Waals surface area contributed by atoms with Gasteiger partial charge in [0, 0.05) is 31.7 Å². The zero-order chi connectivity index (χ0) is 22.1. The van der Waals surface area contributed by atoms with Gasteiger partial charge in [-0.1, -0.05) is 42.6 Å². The van der Waals surface area contributed by atoms with Crippen LogP contribution in [0, 0.1) is 11.3 Å². The number of nitrogens with one attached hydrogen (secondary N) is 2. The van der Waals surface area contributed by atoms with Gasteiger partial charge in [-0.05, 0) is 38.3 Å². The molecule has 2 fully saturated rings. The fraction of sp³-hybridized carbons (Fsp3) is 0.565. The van der Waals surface area contributed by atoms with E-state index < -0.39 is 0 Å². The van der Waals surface area contributed by atoms with E-state index in [2.05, 4.69) is 56.7 Å². The second-order valence-corrected chi connectivity index (χ2v) is 10.1. The molecule has 2 aliphatic heterocycles.